The van der Waals surface area contributed by atoms with Crippen molar-refractivity contribution in [1.82, 2.24) is 19.7 Å². The third kappa shape index (κ3) is 2.83. The van der Waals surface area contributed by atoms with E-state index in [1.807, 2.05) is 42.1 Å². The van der Waals surface area contributed by atoms with Crippen LogP contribution in [0.25, 0.3) is 10.9 Å². The van der Waals surface area contributed by atoms with Gasteiger partial charge in [-0.05, 0) is 12.5 Å². The van der Waals surface area contributed by atoms with Crippen LogP contribution in [0.15, 0.2) is 30.5 Å². The summed E-state index contributed by atoms with van der Waals surface area (Å²) in [6.07, 6.45) is 2.85. The van der Waals surface area contributed by atoms with E-state index in [0.29, 0.717) is 44.6 Å². The number of carbonyl (C=O) groups is 3. The number of aromatic nitrogens is 1. The first-order valence-corrected chi connectivity index (χ1v) is 8.96. The molecule has 1 N–H and O–H groups in total. The number of para-hydroxylation sites is 1. The largest absolute Gasteiger partial charge is 0.350 e. The molecule has 4 rings (SSSR count). The highest BCUT2D eigenvalue weighted by atomic mass is 16.2. The molecule has 26 heavy (non-hydrogen) atoms. The summed E-state index contributed by atoms with van der Waals surface area (Å²) in [6.45, 7) is 2.02. The van der Waals surface area contributed by atoms with Gasteiger partial charge < -0.3 is 19.7 Å². The maximum atomic E-state index is 13.0. The van der Waals surface area contributed by atoms with E-state index in [1.165, 1.54) is 0 Å². The number of amides is 3. The smallest absolute Gasteiger partial charge is 0.256 e. The van der Waals surface area contributed by atoms with Crippen LogP contribution < -0.4 is 5.32 Å². The molecule has 2 fully saturated rings. The Kier molecular flexibility index (Phi) is 4.14. The van der Waals surface area contributed by atoms with Crippen molar-refractivity contribution in [3.05, 3.63) is 36.0 Å². The van der Waals surface area contributed by atoms with E-state index in [2.05, 4.69) is 5.32 Å². The van der Waals surface area contributed by atoms with E-state index in [-0.39, 0.29) is 17.7 Å². The third-order valence-electron chi connectivity index (χ3n) is 5.30. The second kappa shape index (κ2) is 6.48. The predicted molar refractivity (Wildman–Crippen MR) is 96.6 cm³/mol. The summed E-state index contributed by atoms with van der Waals surface area (Å²) < 4.78 is 1.96. The molecule has 1 aromatic carbocycles. The summed E-state index contributed by atoms with van der Waals surface area (Å²) in [4.78, 5) is 40.3. The predicted octanol–water partition coefficient (Wildman–Crippen LogP) is 0.741. The number of rotatable bonds is 2. The quantitative estimate of drug-likeness (QED) is 0.864. The Hall–Kier alpha value is -2.83. The van der Waals surface area contributed by atoms with E-state index in [9.17, 15) is 14.4 Å². The fourth-order valence-electron chi connectivity index (χ4n) is 3.83. The Morgan fingerprint density at radius 3 is 2.46 bits per heavy atom. The van der Waals surface area contributed by atoms with Crippen LogP contribution in [-0.2, 0) is 16.6 Å². The highest BCUT2D eigenvalue weighted by Gasteiger charge is 2.33. The van der Waals surface area contributed by atoms with Gasteiger partial charge in [-0.2, -0.15) is 0 Å². The molecule has 2 aliphatic rings. The zero-order valence-corrected chi connectivity index (χ0v) is 14.8. The maximum Gasteiger partial charge on any atom is 0.256 e. The van der Waals surface area contributed by atoms with Gasteiger partial charge in [-0.25, -0.2) is 0 Å². The van der Waals surface area contributed by atoms with Gasteiger partial charge in [0.05, 0.1) is 5.56 Å². The van der Waals surface area contributed by atoms with E-state index in [0.717, 1.165) is 10.9 Å². The van der Waals surface area contributed by atoms with Crippen LogP contribution in [0.1, 0.15) is 23.2 Å². The summed E-state index contributed by atoms with van der Waals surface area (Å²) in [6, 6.07) is 7.46. The van der Waals surface area contributed by atoms with Crippen molar-refractivity contribution in [2.75, 3.05) is 26.2 Å². The first-order chi connectivity index (χ1) is 12.5. The summed E-state index contributed by atoms with van der Waals surface area (Å²) in [5.74, 6) is -0.0932. The lowest BCUT2D eigenvalue weighted by atomic mass is 10.1. The molecular weight excluding hydrogens is 332 g/mol. The molecule has 3 amide bonds. The molecule has 0 spiro atoms. The molecule has 1 unspecified atom stereocenters. The molecule has 2 aliphatic heterocycles. The zero-order chi connectivity index (χ0) is 18.3. The Balaban J connectivity index is 1.43. The molecular formula is C19H22N4O3. The van der Waals surface area contributed by atoms with Crippen LogP contribution in [0, 0.1) is 0 Å². The minimum Gasteiger partial charge on any atom is -0.350 e. The average Bonchev–Trinajstić information content (AvgIpc) is 3.25. The van der Waals surface area contributed by atoms with Gasteiger partial charge in [0.2, 0.25) is 11.8 Å². The van der Waals surface area contributed by atoms with Gasteiger partial charge in [0.15, 0.2) is 0 Å². The Labute approximate surface area is 151 Å². The highest BCUT2D eigenvalue weighted by molar-refractivity contribution is 6.07. The van der Waals surface area contributed by atoms with E-state index in [4.69, 9.17) is 0 Å². The van der Waals surface area contributed by atoms with Gasteiger partial charge in [0.1, 0.15) is 6.04 Å². The molecule has 7 nitrogen and oxygen atoms in total. The maximum absolute atomic E-state index is 13.0. The Morgan fingerprint density at radius 2 is 1.77 bits per heavy atom. The Morgan fingerprint density at radius 1 is 1.08 bits per heavy atom. The monoisotopic (exact) mass is 354 g/mol. The minimum atomic E-state index is -0.400. The van der Waals surface area contributed by atoms with Gasteiger partial charge in [-0.15, -0.1) is 0 Å². The van der Waals surface area contributed by atoms with Gasteiger partial charge in [0, 0.05) is 56.7 Å². The van der Waals surface area contributed by atoms with Crippen molar-refractivity contribution in [2.24, 2.45) is 7.05 Å². The molecule has 0 radical (unpaired) electrons. The molecule has 3 heterocycles. The van der Waals surface area contributed by atoms with Crippen molar-refractivity contribution in [3.8, 4) is 0 Å². The van der Waals surface area contributed by atoms with Crippen LogP contribution in [0.2, 0.25) is 0 Å². The number of benzene rings is 1. The SMILES string of the molecule is Cn1cc(C(=O)N2CCN(C(=O)C3CCC(=O)N3)CC2)c2ccccc21. The summed E-state index contributed by atoms with van der Waals surface area (Å²) >= 11 is 0. The fraction of sp³-hybridized carbons (Fsp3) is 0.421. The van der Waals surface area contributed by atoms with Crippen molar-refractivity contribution in [2.45, 2.75) is 18.9 Å². The molecule has 136 valence electrons. The van der Waals surface area contributed by atoms with E-state index >= 15 is 0 Å². The number of nitrogens with one attached hydrogen (secondary N) is 1. The number of aryl methyl sites for hydroxylation is 1. The van der Waals surface area contributed by atoms with E-state index < -0.39 is 6.04 Å². The molecule has 2 aromatic rings. The Bertz CT molecular complexity index is 880. The molecule has 7 heteroatoms. The molecule has 1 aromatic heterocycles. The first kappa shape index (κ1) is 16.6. The van der Waals surface area contributed by atoms with E-state index in [1.54, 1.807) is 9.80 Å². The van der Waals surface area contributed by atoms with Crippen molar-refractivity contribution >= 4 is 28.6 Å². The summed E-state index contributed by atoms with van der Waals surface area (Å²) in [5.41, 5.74) is 1.73. The van der Waals surface area contributed by atoms with Crippen LogP contribution in [0.4, 0.5) is 0 Å². The number of nitrogens with zero attached hydrogens (tertiary/aromatic N) is 3. The number of hydrogen-bond donors (Lipinski definition) is 1. The highest BCUT2D eigenvalue weighted by Crippen LogP contribution is 2.22. The normalized spacial score (nSPS) is 20.5. The number of fused-ring (bicyclic) bond motifs is 1. The van der Waals surface area contributed by atoms with Gasteiger partial charge in [-0.1, -0.05) is 18.2 Å². The van der Waals surface area contributed by atoms with Crippen LogP contribution >= 0.6 is 0 Å². The van der Waals surface area contributed by atoms with Crippen molar-refractivity contribution in [1.29, 1.82) is 0 Å². The topological polar surface area (TPSA) is 74.7 Å². The zero-order valence-electron chi connectivity index (χ0n) is 14.8. The fourth-order valence-corrected chi connectivity index (χ4v) is 3.83. The number of carbonyl (C=O) groups excluding carboxylic acids is 3. The van der Waals surface area contributed by atoms with Crippen LogP contribution in [0.5, 0.6) is 0 Å². The standard InChI is InChI=1S/C19H22N4O3/c1-21-12-14(13-4-2-3-5-16(13)21)18(25)22-8-10-23(11-9-22)19(26)15-6-7-17(24)20-15/h2-5,12,15H,6-11H2,1H3,(H,20,24). The van der Waals surface area contributed by atoms with Gasteiger partial charge in [-0.3, -0.25) is 14.4 Å². The summed E-state index contributed by atoms with van der Waals surface area (Å²) in [7, 11) is 1.94. The van der Waals surface area contributed by atoms with Crippen molar-refractivity contribution < 1.29 is 14.4 Å². The average molecular weight is 354 g/mol. The summed E-state index contributed by atoms with van der Waals surface area (Å²) in [5, 5.41) is 3.67. The van der Waals surface area contributed by atoms with Crippen LogP contribution in [-0.4, -0.2) is 64.3 Å². The lowest BCUT2D eigenvalue weighted by molar-refractivity contribution is -0.135. The molecule has 1 atom stereocenters. The van der Waals surface area contributed by atoms with Gasteiger partial charge >= 0.3 is 0 Å². The third-order valence-corrected chi connectivity index (χ3v) is 5.30. The lowest BCUT2D eigenvalue weighted by Gasteiger charge is -2.35. The van der Waals surface area contributed by atoms with Crippen molar-refractivity contribution in [3.63, 3.8) is 0 Å². The number of piperazine rings is 1. The number of hydrogen-bond acceptors (Lipinski definition) is 3. The lowest BCUT2D eigenvalue weighted by Crippen LogP contribution is -2.54. The molecule has 0 saturated carbocycles. The molecule has 0 bridgehead atoms. The molecule has 2 saturated heterocycles. The molecule has 0 aliphatic carbocycles. The first-order valence-electron chi connectivity index (χ1n) is 8.96. The van der Waals surface area contributed by atoms with Crippen LogP contribution in [0.3, 0.4) is 0 Å². The minimum absolute atomic E-state index is 0.00284. The second-order valence-electron chi connectivity index (χ2n) is 6.95. The van der Waals surface area contributed by atoms with Gasteiger partial charge in [0.25, 0.3) is 5.91 Å². The second-order valence-corrected chi connectivity index (χ2v) is 6.95.